The van der Waals surface area contributed by atoms with Crippen molar-refractivity contribution in [1.82, 2.24) is 0 Å². The molecule has 2 atom stereocenters. The quantitative estimate of drug-likeness (QED) is 0.782. The highest BCUT2D eigenvalue weighted by Crippen LogP contribution is 2.40. The van der Waals surface area contributed by atoms with Crippen molar-refractivity contribution in [2.75, 3.05) is 13.7 Å². The first kappa shape index (κ1) is 9.80. The second-order valence-corrected chi connectivity index (χ2v) is 4.33. The van der Waals surface area contributed by atoms with Crippen molar-refractivity contribution in [3.8, 4) is 11.5 Å². The molecule has 0 amide bonds. The van der Waals surface area contributed by atoms with Gasteiger partial charge in [0.25, 0.3) is 0 Å². The molecule has 1 aliphatic rings. The van der Waals surface area contributed by atoms with Gasteiger partial charge in [0, 0.05) is 5.56 Å². The van der Waals surface area contributed by atoms with E-state index in [4.69, 9.17) is 9.47 Å². The Kier molecular flexibility index (Phi) is 2.65. The molecular weight excluding hydrogens is 248 g/mol. The molecule has 0 fully saturated rings. The van der Waals surface area contributed by atoms with Gasteiger partial charge >= 0.3 is 0 Å². The van der Waals surface area contributed by atoms with E-state index in [2.05, 4.69) is 15.9 Å². The van der Waals surface area contributed by atoms with Crippen molar-refractivity contribution in [3.05, 3.63) is 23.8 Å². The molecule has 0 bridgehead atoms. The lowest BCUT2D eigenvalue weighted by molar-refractivity contribution is 0.122. The zero-order valence-corrected chi connectivity index (χ0v) is 9.32. The number of benzene rings is 1. The molecule has 1 N–H and O–H groups in total. The van der Waals surface area contributed by atoms with E-state index in [-0.39, 0.29) is 4.83 Å². The number of fused-ring (bicyclic) bond motifs is 1. The van der Waals surface area contributed by atoms with Crippen LogP contribution in [0.15, 0.2) is 18.2 Å². The first-order valence-electron chi connectivity index (χ1n) is 4.36. The third-order valence-corrected chi connectivity index (χ3v) is 3.04. The van der Waals surface area contributed by atoms with E-state index in [9.17, 15) is 5.11 Å². The van der Waals surface area contributed by atoms with Crippen molar-refractivity contribution >= 4 is 15.9 Å². The summed E-state index contributed by atoms with van der Waals surface area (Å²) in [5.41, 5.74) is 0.775. The molecule has 0 saturated heterocycles. The van der Waals surface area contributed by atoms with E-state index in [1.165, 1.54) is 0 Å². The molecule has 0 radical (unpaired) electrons. The Morgan fingerprint density at radius 1 is 1.57 bits per heavy atom. The number of hydrogen-bond donors (Lipinski definition) is 1. The van der Waals surface area contributed by atoms with Crippen molar-refractivity contribution in [3.63, 3.8) is 0 Å². The molecule has 0 unspecified atom stereocenters. The molecule has 0 aromatic heterocycles. The topological polar surface area (TPSA) is 38.7 Å². The number of rotatable bonds is 1. The molecule has 0 saturated carbocycles. The maximum Gasteiger partial charge on any atom is 0.167 e. The largest absolute Gasteiger partial charge is 0.493 e. The van der Waals surface area contributed by atoms with Gasteiger partial charge < -0.3 is 14.6 Å². The second-order valence-electron chi connectivity index (χ2n) is 3.15. The fourth-order valence-electron chi connectivity index (χ4n) is 1.53. The maximum absolute atomic E-state index is 9.87. The SMILES string of the molecule is COc1cccc2c1OC[C@@H](Br)[C@@H]2O. The summed E-state index contributed by atoms with van der Waals surface area (Å²) in [6, 6.07) is 5.51. The molecule has 1 heterocycles. The summed E-state index contributed by atoms with van der Waals surface area (Å²) in [6.07, 6.45) is -0.533. The summed E-state index contributed by atoms with van der Waals surface area (Å²) in [4.78, 5) is -0.0536. The lowest BCUT2D eigenvalue weighted by Gasteiger charge is -2.27. The molecule has 1 aromatic carbocycles. The Hall–Kier alpha value is -0.740. The van der Waals surface area contributed by atoms with Crippen LogP contribution in [0.4, 0.5) is 0 Å². The number of alkyl halides is 1. The Morgan fingerprint density at radius 2 is 2.36 bits per heavy atom. The number of methoxy groups -OCH3 is 1. The Morgan fingerprint density at radius 3 is 3.07 bits per heavy atom. The number of para-hydroxylation sites is 1. The lowest BCUT2D eigenvalue weighted by atomic mass is 10.0. The van der Waals surface area contributed by atoms with E-state index >= 15 is 0 Å². The average Bonchev–Trinajstić information content (AvgIpc) is 2.23. The van der Waals surface area contributed by atoms with Crippen LogP contribution in [0.2, 0.25) is 0 Å². The van der Waals surface area contributed by atoms with Gasteiger partial charge in [0.15, 0.2) is 11.5 Å². The van der Waals surface area contributed by atoms with Crippen LogP contribution in [0.1, 0.15) is 11.7 Å². The van der Waals surface area contributed by atoms with Crippen molar-refractivity contribution in [2.24, 2.45) is 0 Å². The summed E-state index contributed by atoms with van der Waals surface area (Å²) in [5.74, 6) is 1.32. The standard InChI is InChI=1S/C10H11BrO3/c1-13-8-4-2-3-6-9(12)7(11)5-14-10(6)8/h2-4,7,9,12H,5H2,1H3/t7-,9-/m1/s1. The van der Waals surface area contributed by atoms with Gasteiger partial charge in [0.1, 0.15) is 6.61 Å². The number of hydrogen-bond acceptors (Lipinski definition) is 3. The summed E-state index contributed by atoms with van der Waals surface area (Å²) in [7, 11) is 1.59. The number of aliphatic hydroxyl groups is 1. The zero-order chi connectivity index (χ0) is 10.1. The molecule has 0 aliphatic carbocycles. The molecular formula is C10H11BrO3. The predicted molar refractivity (Wildman–Crippen MR) is 56.2 cm³/mol. The minimum Gasteiger partial charge on any atom is -0.493 e. The van der Waals surface area contributed by atoms with Crippen LogP contribution in [0, 0.1) is 0 Å². The molecule has 2 rings (SSSR count). The van der Waals surface area contributed by atoms with E-state index in [1.807, 2.05) is 18.2 Å². The second kappa shape index (κ2) is 3.79. The van der Waals surface area contributed by atoms with Crippen LogP contribution in [0.5, 0.6) is 11.5 Å². The van der Waals surface area contributed by atoms with Gasteiger partial charge in [0.2, 0.25) is 0 Å². The smallest absolute Gasteiger partial charge is 0.167 e. The van der Waals surface area contributed by atoms with E-state index in [0.29, 0.717) is 18.1 Å². The minimum atomic E-state index is -0.533. The van der Waals surface area contributed by atoms with Gasteiger partial charge in [-0.2, -0.15) is 0 Å². The fraction of sp³-hybridized carbons (Fsp3) is 0.400. The van der Waals surface area contributed by atoms with Crippen LogP contribution in [-0.2, 0) is 0 Å². The van der Waals surface area contributed by atoms with Crippen molar-refractivity contribution in [2.45, 2.75) is 10.9 Å². The van der Waals surface area contributed by atoms with Gasteiger partial charge in [-0.15, -0.1) is 0 Å². The summed E-state index contributed by atoms with van der Waals surface area (Å²) in [6.45, 7) is 0.453. The molecule has 1 aliphatic heterocycles. The zero-order valence-electron chi connectivity index (χ0n) is 7.74. The average molecular weight is 259 g/mol. The molecule has 3 nitrogen and oxygen atoms in total. The molecule has 76 valence electrons. The van der Waals surface area contributed by atoms with E-state index < -0.39 is 6.10 Å². The number of ether oxygens (including phenoxy) is 2. The molecule has 0 spiro atoms. The predicted octanol–water partition coefficient (Wildman–Crippen LogP) is 1.88. The first-order valence-corrected chi connectivity index (χ1v) is 5.27. The fourth-order valence-corrected chi connectivity index (χ4v) is 1.95. The van der Waals surface area contributed by atoms with Gasteiger partial charge in [0.05, 0.1) is 18.0 Å². The van der Waals surface area contributed by atoms with Gasteiger partial charge in [-0.25, -0.2) is 0 Å². The highest BCUT2D eigenvalue weighted by molar-refractivity contribution is 9.09. The van der Waals surface area contributed by atoms with Crippen LogP contribution < -0.4 is 9.47 Å². The molecule has 4 heteroatoms. The summed E-state index contributed by atoms with van der Waals surface area (Å²) < 4.78 is 10.6. The van der Waals surface area contributed by atoms with Crippen LogP contribution >= 0.6 is 15.9 Å². The van der Waals surface area contributed by atoms with Crippen LogP contribution in [0.3, 0.4) is 0 Å². The summed E-state index contributed by atoms with van der Waals surface area (Å²) >= 11 is 3.35. The highest BCUT2D eigenvalue weighted by Gasteiger charge is 2.29. The van der Waals surface area contributed by atoms with Gasteiger partial charge in [-0.3, -0.25) is 0 Å². The van der Waals surface area contributed by atoms with Crippen molar-refractivity contribution < 1.29 is 14.6 Å². The van der Waals surface area contributed by atoms with E-state index in [1.54, 1.807) is 7.11 Å². The van der Waals surface area contributed by atoms with Crippen molar-refractivity contribution in [1.29, 1.82) is 0 Å². The number of halogens is 1. The van der Waals surface area contributed by atoms with Crippen LogP contribution in [0.25, 0.3) is 0 Å². The molecule has 14 heavy (non-hydrogen) atoms. The molecule has 1 aromatic rings. The highest BCUT2D eigenvalue weighted by atomic mass is 79.9. The Balaban J connectivity index is 2.47. The van der Waals surface area contributed by atoms with Crippen LogP contribution in [-0.4, -0.2) is 23.7 Å². The minimum absolute atomic E-state index is 0.0536. The lowest BCUT2D eigenvalue weighted by Crippen LogP contribution is -2.26. The Labute approximate surface area is 90.8 Å². The Bertz CT molecular complexity index is 340. The van der Waals surface area contributed by atoms with Gasteiger partial charge in [-0.1, -0.05) is 28.1 Å². The third-order valence-electron chi connectivity index (χ3n) is 2.28. The van der Waals surface area contributed by atoms with E-state index in [0.717, 1.165) is 5.56 Å². The summed E-state index contributed by atoms with van der Waals surface area (Å²) in [5, 5.41) is 9.87. The normalized spacial score (nSPS) is 25.1. The first-order chi connectivity index (χ1) is 6.74. The number of aliphatic hydroxyl groups excluding tert-OH is 1. The monoisotopic (exact) mass is 258 g/mol. The van der Waals surface area contributed by atoms with Gasteiger partial charge in [-0.05, 0) is 6.07 Å². The maximum atomic E-state index is 9.87. The third kappa shape index (κ3) is 1.48.